The first-order valence-corrected chi connectivity index (χ1v) is 6.21. The van der Waals surface area contributed by atoms with Gasteiger partial charge in [0, 0.05) is 20.4 Å². The lowest BCUT2D eigenvalue weighted by Crippen LogP contribution is -2.32. The van der Waals surface area contributed by atoms with Gasteiger partial charge in [0.25, 0.3) is 0 Å². The van der Waals surface area contributed by atoms with E-state index in [1.54, 1.807) is 28.9 Å². The first-order chi connectivity index (χ1) is 9.19. The molecule has 2 heterocycles. The first-order valence-electron chi connectivity index (χ1n) is 5.83. The molecule has 0 spiro atoms. The van der Waals surface area contributed by atoms with Crippen LogP contribution in [0.25, 0.3) is 0 Å². The van der Waals surface area contributed by atoms with Crippen molar-refractivity contribution < 1.29 is 4.74 Å². The largest absolute Gasteiger partial charge is 0.383 e. The molecule has 2 aromatic heterocycles. The van der Waals surface area contributed by atoms with Crippen LogP contribution in [0.3, 0.4) is 0 Å². The number of halogens is 1. The standard InChI is InChI=1S/C11H17ClN6O/c1-17-9(3-4-14-17)10(16-13)11-8(12)7-15-18(11)5-6-19-2/h3-4,7,10,16H,5-6,13H2,1-2H3. The van der Waals surface area contributed by atoms with Gasteiger partial charge < -0.3 is 4.74 Å². The summed E-state index contributed by atoms with van der Waals surface area (Å²) in [7, 11) is 3.49. The molecule has 2 aromatic rings. The van der Waals surface area contributed by atoms with E-state index < -0.39 is 0 Å². The van der Waals surface area contributed by atoms with E-state index in [2.05, 4.69) is 15.6 Å². The van der Waals surface area contributed by atoms with Crippen LogP contribution in [0.1, 0.15) is 17.4 Å². The summed E-state index contributed by atoms with van der Waals surface area (Å²) in [5.74, 6) is 5.67. The Balaban J connectivity index is 2.38. The van der Waals surface area contributed by atoms with Gasteiger partial charge in [-0.05, 0) is 6.07 Å². The highest BCUT2D eigenvalue weighted by molar-refractivity contribution is 6.31. The van der Waals surface area contributed by atoms with Gasteiger partial charge in [0.1, 0.15) is 6.04 Å². The summed E-state index contributed by atoms with van der Waals surface area (Å²) >= 11 is 6.22. The molecule has 7 nitrogen and oxygen atoms in total. The Bertz CT molecular complexity index is 537. The Hall–Kier alpha value is -1.41. The van der Waals surface area contributed by atoms with E-state index in [4.69, 9.17) is 22.2 Å². The van der Waals surface area contributed by atoms with Crippen LogP contribution >= 0.6 is 11.6 Å². The molecular formula is C11H17ClN6O. The van der Waals surface area contributed by atoms with Crippen molar-refractivity contribution in [3.63, 3.8) is 0 Å². The van der Waals surface area contributed by atoms with Gasteiger partial charge in [-0.3, -0.25) is 15.2 Å². The molecule has 0 aliphatic heterocycles. The average molecular weight is 285 g/mol. The van der Waals surface area contributed by atoms with Crippen molar-refractivity contribution in [2.45, 2.75) is 12.6 Å². The number of nitrogens with one attached hydrogen (secondary N) is 1. The predicted octanol–water partition coefficient (Wildman–Crippen LogP) is 0.469. The summed E-state index contributed by atoms with van der Waals surface area (Å²) in [5, 5.41) is 8.94. The molecule has 8 heteroatoms. The van der Waals surface area contributed by atoms with Gasteiger partial charge in [0.05, 0.1) is 35.8 Å². The Morgan fingerprint density at radius 3 is 2.89 bits per heavy atom. The molecule has 3 N–H and O–H groups in total. The van der Waals surface area contributed by atoms with Crippen LogP contribution < -0.4 is 11.3 Å². The van der Waals surface area contributed by atoms with Gasteiger partial charge in [0.15, 0.2) is 0 Å². The van der Waals surface area contributed by atoms with Crippen molar-refractivity contribution >= 4 is 11.6 Å². The van der Waals surface area contributed by atoms with Crippen LogP contribution in [-0.2, 0) is 18.3 Å². The number of hydrogen-bond acceptors (Lipinski definition) is 5. The maximum atomic E-state index is 6.22. The lowest BCUT2D eigenvalue weighted by Gasteiger charge is -2.18. The Morgan fingerprint density at radius 1 is 1.53 bits per heavy atom. The zero-order valence-electron chi connectivity index (χ0n) is 10.9. The predicted molar refractivity (Wildman–Crippen MR) is 71.5 cm³/mol. The van der Waals surface area contributed by atoms with E-state index >= 15 is 0 Å². The second-order valence-electron chi connectivity index (χ2n) is 4.07. The molecule has 0 saturated heterocycles. The number of methoxy groups -OCH3 is 1. The van der Waals surface area contributed by atoms with Crippen molar-refractivity contribution in [3.05, 3.63) is 34.9 Å². The summed E-state index contributed by atoms with van der Waals surface area (Å²) in [6.07, 6.45) is 3.32. The van der Waals surface area contributed by atoms with E-state index in [0.717, 1.165) is 11.4 Å². The maximum Gasteiger partial charge on any atom is 0.106 e. The molecule has 0 fully saturated rings. The third-order valence-corrected chi connectivity index (χ3v) is 3.23. The molecule has 2 rings (SSSR count). The van der Waals surface area contributed by atoms with E-state index in [0.29, 0.717) is 18.2 Å². The summed E-state index contributed by atoms with van der Waals surface area (Å²) in [6, 6.07) is 1.61. The molecule has 1 atom stereocenters. The fourth-order valence-corrected chi connectivity index (χ4v) is 2.24. The van der Waals surface area contributed by atoms with Gasteiger partial charge >= 0.3 is 0 Å². The van der Waals surface area contributed by atoms with Gasteiger partial charge in [0.2, 0.25) is 0 Å². The molecule has 1 unspecified atom stereocenters. The van der Waals surface area contributed by atoms with Crippen LogP contribution in [0, 0.1) is 0 Å². The molecule has 19 heavy (non-hydrogen) atoms. The quantitative estimate of drug-likeness (QED) is 0.595. The maximum absolute atomic E-state index is 6.22. The van der Waals surface area contributed by atoms with Crippen LogP contribution in [-0.4, -0.2) is 33.3 Å². The molecule has 104 valence electrons. The Labute approximate surface area is 116 Å². The number of nitrogens with zero attached hydrogens (tertiary/aromatic N) is 4. The van der Waals surface area contributed by atoms with Crippen molar-refractivity contribution in [3.8, 4) is 0 Å². The fraction of sp³-hybridized carbons (Fsp3) is 0.455. The van der Waals surface area contributed by atoms with Gasteiger partial charge in [-0.15, -0.1) is 0 Å². The van der Waals surface area contributed by atoms with Crippen molar-refractivity contribution in [1.29, 1.82) is 0 Å². The van der Waals surface area contributed by atoms with Crippen molar-refractivity contribution in [2.24, 2.45) is 12.9 Å². The van der Waals surface area contributed by atoms with E-state index in [9.17, 15) is 0 Å². The Morgan fingerprint density at radius 2 is 2.32 bits per heavy atom. The van der Waals surface area contributed by atoms with Crippen LogP contribution in [0.2, 0.25) is 5.02 Å². The minimum absolute atomic E-state index is 0.278. The molecular weight excluding hydrogens is 268 g/mol. The van der Waals surface area contributed by atoms with E-state index in [-0.39, 0.29) is 6.04 Å². The SMILES string of the molecule is COCCn1ncc(Cl)c1C(NN)c1ccnn1C. The third-order valence-electron chi connectivity index (χ3n) is 2.94. The highest BCUT2D eigenvalue weighted by atomic mass is 35.5. The molecule has 0 radical (unpaired) electrons. The van der Waals surface area contributed by atoms with Crippen LogP contribution in [0.5, 0.6) is 0 Å². The Kier molecular flexibility index (Phi) is 4.54. The third kappa shape index (κ3) is 2.79. The van der Waals surface area contributed by atoms with E-state index in [1.165, 1.54) is 0 Å². The smallest absolute Gasteiger partial charge is 0.106 e. The monoisotopic (exact) mass is 284 g/mol. The number of ether oxygens (including phenoxy) is 1. The fourth-order valence-electron chi connectivity index (χ4n) is 1.99. The van der Waals surface area contributed by atoms with Crippen molar-refractivity contribution in [2.75, 3.05) is 13.7 Å². The minimum Gasteiger partial charge on any atom is -0.383 e. The molecule has 0 bridgehead atoms. The number of rotatable bonds is 6. The van der Waals surface area contributed by atoms with Crippen LogP contribution in [0.4, 0.5) is 0 Å². The van der Waals surface area contributed by atoms with Gasteiger partial charge in [-0.25, -0.2) is 5.43 Å². The minimum atomic E-state index is -0.278. The highest BCUT2D eigenvalue weighted by Gasteiger charge is 2.23. The second kappa shape index (κ2) is 6.16. The van der Waals surface area contributed by atoms with Crippen LogP contribution in [0.15, 0.2) is 18.5 Å². The zero-order chi connectivity index (χ0) is 13.8. The van der Waals surface area contributed by atoms with Gasteiger partial charge in [-0.1, -0.05) is 11.6 Å². The van der Waals surface area contributed by atoms with Gasteiger partial charge in [-0.2, -0.15) is 10.2 Å². The number of hydrogen-bond donors (Lipinski definition) is 2. The molecule has 0 aliphatic rings. The summed E-state index contributed by atoms with van der Waals surface area (Å²) in [4.78, 5) is 0. The molecule has 0 aromatic carbocycles. The highest BCUT2D eigenvalue weighted by Crippen LogP contribution is 2.27. The lowest BCUT2D eigenvalue weighted by molar-refractivity contribution is 0.182. The summed E-state index contributed by atoms with van der Waals surface area (Å²) in [5.41, 5.74) is 4.46. The molecule has 0 amide bonds. The topological polar surface area (TPSA) is 82.9 Å². The number of hydrazine groups is 1. The zero-order valence-corrected chi connectivity index (χ0v) is 11.6. The average Bonchev–Trinajstić information content (AvgIpc) is 2.97. The second-order valence-corrected chi connectivity index (χ2v) is 4.48. The van der Waals surface area contributed by atoms with Crippen molar-refractivity contribution in [1.82, 2.24) is 25.0 Å². The lowest BCUT2D eigenvalue weighted by atomic mass is 10.1. The summed E-state index contributed by atoms with van der Waals surface area (Å²) in [6.45, 7) is 1.16. The number of aryl methyl sites for hydroxylation is 1. The summed E-state index contributed by atoms with van der Waals surface area (Å²) < 4.78 is 8.59. The number of aromatic nitrogens is 4. The molecule has 0 aliphatic carbocycles. The molecule has 0 saturated carbocycles. The van der Waals surface area contributed by atoms with E-state index in [1.807, 2.05) is 13.1 Å². The number of nitrogens with two attached hydrogens (primary N) is 1. The normalized spacial score (nSPS) is 12.8. The first kappa shape index (κ1) is 14.0.